The van der Waals surface area contributed by atoms with Gasteiger partial charge in [0.25, 0.3) is 5.91 Å². The van der Waals surface area contributed by atoms with Gasteiger partial charge >= 0.3 is 0 Å². The molecule has 1 aromatic rings. The van der Waals surface area contributed by atoms with E-state index in [4.69, 9.17) is 9.47 Å². The lowest BCUT2D eigenvalue weighted by Gasteiger charge is -2.27. The van der Waals surface area contributed by atoms with Gasteiger partial charge < -0.3 is 20.1 Å². The van der Waals surface area contributed by atoms with Crippen molar-refractivity contribution in [3.8, 4) is 11.5 Å². The molecule has 0 aliphatic carbocycles. The van der Waals surface area contributed by atoms with Gasteiger partial charge in [0.05, 0.1) is 7.11 Å². The highest BCUT2D eigenvalue weighted by Gasteiger charge is 2.39. The number of ether oxygens (including phenoxy) is 2. The minimum atomic E-state index is -0.370. The van der Waals surface area contributed by atoms with Crippen molar-refractivity contribution in [2.75, 3.05) is 26.8 Å². The van der Waals surface area contributed by atoms with Crippen molar-refractivity contribution in [1.29, 1.82) is 0 Å². The van der Waals surface area contributed by atoms with Crippen LogP contribution in [0.15, 0.2) is 35.9 Å². The molecule has 8 heteroatoms. The van der Waals surface area contributed by atoms with Gasteiger partial charge in [-0.1, -0.05) is 24.3 Å². The van der Waals surface area contributed by atoms with Gasteiger partial charge in [0.15, 0.2) is 18.1 Å². The summed E-state index contributed by atoms with van der Waals surface area (Å²) in [5, 5.41) is 9.15. The smallest absolute Gasteiger partial charge is 0.257 e. The SMILES string of the molecule is C/C=C\c1ccc(OCC(=O)NCCCNC(=O)C2=CC(C)(C)NC2(C)C)c(OC)c1.Cl. The number of rotatable bonds is 10. The zero-order chi connectivity index (χ0) is 23.1. The molecule has 0 atom stereocenters. The first-order chi connectivity index (χ1) is 14.6. The van der Waals surface area contributed by atoms with Gasteiger partial charge in [0, 0.05) is 29.7 Å². The van der Waals surface area contributed by atoms with Crippen LogP contribution in [0.1, 0.15) is 46.6 Å². The summed E-state index contributed by atoms with van der Waals surface area (Å²) >= 11 is 0. The van der Waals surface area contributed by atoms with Crippen molar-refractivity contribution in [2.45, 2.75) is 52.1 Å². The number of carbonyl (C=O) groups is 2. The molecule has 0 fully saturated rings. The Bertz CT molecular complexity index is 863. The highest BCUT2D eigenvalue weighted by molar-refractivity contribution is 5.96. The summed E-state index contributed by atoms with van der Waals surface area (Å²) < 4.78 is 10.9. The van der Waals surface area contributed by atoms with Crippen LogP contribution in [-0.2, 0) is 9.59 Å². The summed E-state index contributed by atoms with van der Waals surface area (Å²) in [5.74, 6) is 0.790. The van der Waals surface area contributed by atoms with Crippen LogP contribution in [0.25, 0.3) is 6.08 Å². The van der Waals surface area contributed by atoms with Crippen molar-refractivity contribution in [1.82, 2.24) is 16.0 Å². The quantitative estimate of drug-likeness (QED) is 0.462. The molecule has 178 valence electrons. The number of allylic oxidation sites excluding steroid dienone is 1. The maximum atomic E-state index is 12.5. The van der Waals surface area contributed by atoms with E-state index >= 15 is 0 Å². The Morgan fingerprint density at radius 3 is 2.38 bits per heavy atom. The van der Waals surface area contributed by atoms with Crippen LogP contribution in [0, 0.1) is 0 Å². The van der Waals surface area contributed by atoms with E-state index in [-0.39, 0.29) is 41.9 Å². The minimum Gasteiger partial charge on any atom is -0.493 e. The van der Waals surface area contributed by atoms with Gasteiger partial charge in [0.2, 0.25) is 5.91 Å². The van der Waals surface area contributed by atoms with Crippen LogP contribution < -0.4 is 25.4 Å². The zero-order valence-electron chi connectivity index (χ0n) is 19.8. The van der Waals surface area contributed by atoms with Gasteiger partial charge in [0.1, 0.15) is 0 Å². The van der Waals surface area contributed by atoms with E-state index in [1.807, 2.05) is 65.0 Å². The Hall–Kier alpha value is -2.51. The third kappa shape index (κ3) is 7.88. The highest BCUT2D eigenvalue weighted by atomic mass is 35.5. The first-order valence-corrected chi connectivity index (χ1v) is 10.6. The summed E-state index contributed by atoms with van der Waals surface area (Å²) in [6.07, 6.45) is 6.50. The number of carbonyl (C=O) groups excluding carboxylic acids is 2. The summed E-state index contributed by atoms with van der Waals surface area (Å²) in [4.78, 5) is 24.5. The Labute approximate surface area is 197 Å². The third-order valence-electron chi connectivity index (χ3n) is 4.92. The van der Waals surface area contributed by atoms with Crippen LogP contribution >= 0.6 is 12.4 Å². The lowest BCUT2D eigenvalue weighted by atomic mass is 9.96. The van der Waals surface area contributed by atoms with Gasteiger partial charge in [-0.3, -0.25) is 14.9 Å². The van der Waals surface area contributed by atoms with E-state index in [2.05, 4.69) is 16.0 Å². The van der Waals surface area contributed by atoms with Gasteiger partial charge in [-0.25, -0.2) is 0 Å². The Balaban J connectivity index is 0.00000512. The molecule has 0 unspecified atom stereocenters. The van der Waals surface area contributed by atoms with Gasteiger partial charge in [-0.15, -0.1) is 12.4 Å². The number of halogens is 1. The Kier molecular flexibility index (Phi) is 10.3. The number of hydrogen-bond acceptors (Lipinski definition) is 5. The standard InChI is InChI=1S/C24H35N3O4.ClH/c1-7-9-17-10-11-19(20(14-17)30-6)31-16-21(28)25-12-8-13-26-22(29)18-15-23(2,3)27-24(18,4)5;/h7,9-11,14-15,27H,8,12-13,16H2,1-6H3,(H,25,28)(H,26,29);1H/b9-7-;. The fraction of sp³-hybridized carbons (Fsp3) is 0.500. The van der Waals surface area contributed by atoms with E-state index in [0.717, 1.165) is 11.1 Å². The van der Waals surface area contributed by atoms with E-state index in [1.165, 1.54) is 0 Å². The van der Waals surface area contributed by atoms with Crippen LogP contribution in [0.3, 0.4) is 0 Å². The number of hydrogen-bond donors (Lipinski definition) is 3. The Morgan fingerprint density at radius 2 is 1.78 bits per heavy atom. The van der Waals surface area contributed by atoms with Crippen LogP contribution in [-0.4, -0.2) is 49.7 Å². The second-order valence-corrected chi connectivity index (χ2v) is 8.69. The summed E-state index contributed by atoms with van der Waals surface area (Å²) in [6.45, 7) is 10.8. The molecule has 0 radical (unpaired) electrons. The molecular formula is C24H36ClN3O4. The average molecular weight is 466 g/mol. The van der Waals surface area contributed by atoms with Crippen molar-refractivity contribution < 1.29 is 19.1 Å². The second kappa shape index (κ2) is 11.9. The molecule has 1 aliphatic heterocycles. The van der Waals surface area contributed by atoms with E-state index in [1.54, 1.807) is 13.2 Å². The number of amides is 2. The van der Waals surface area contributed by atoms with Crippen LogP contribution in [0.5, 0.6) is 11.5 Å². The Morgan fingerprint density at radius 1 is 1.09 bits per heavy atom. The predicted octanol–water partition coefficient (Wildman–Crippen LogP) is 3.24. The molecule has 0 saturated heterocycles. The predicted molar refractivity (Wildman–Crippen MR) is 130 cm³/mol. The van der Waals surface area contributed by atoms with E-state index in [0.29, 0.717) is 31.0 Å². The minimum absolute atomic E-state index is 0. The van der Waals surface area contributed by atoms with E-state index in [9.17, 15) is 9.59 Å². The molecule has 0 spiro atoms. The molecule has 1 heterocycles. The molecule has 1 aromatic carbocycles. The normalized spacial score (nSPS) is 16.1. The first kappa shape index (κ1) is 27.5. The fourth-order valence-electron chi connectivity index (χ4n) is 3.71. The van der Waals surface area contributed by atoms with Crippen molar-refractivity contribution in [2.24, 2.45) is 0 Å². The lowest BCUT2D eigenvalue weighted by molar-refractivity contribution is -0.123. The molecular weight excluding hydrogens is 430 g/mol. The first-order valence-electron chi connectivity index (χ1n) is 10.6. The molecule has 3 N–H and O–H groups in total. The molecule has 7 nitrogen and oxygen atoms in total. The van der Waals surface area contributed by atoms with Gasteiger partial charge in [-0.05, 0) is 58.7 Å². The highest BCUT2D eigenvalue weighted by Crippen LogP contribution is 2.30. The second-order valence-electron chi connectivity index (χ2n) is 8.69. The van der Waals surface area contributed by atoms with Crippen molar-refractivity contribution in [3.63, 3.8) is 0 Å². The maximum absolute atomic E-state index is 12.5. The molecule has 0 bridgehead atoms. The summed E-state index contributed by atoms with van der Waals surface area (Å²) in [5.41, 5.74) is 1.16. The molecule has 2 rings (SSSR count). The van der Waals surface area contributed by atoms with Crippen molar-refractivity contribution >= 4 is 30.3 Å². The number of methoxy groups -OCH3 is 1. The molecule has 0 saturated carbocycles. The fourth-order valence-corrected chi connectivity index (χ4v) is 3.71. The zero-order valence-corrected chi connectivity index (χ0v) is 20.7. The van der Waals surface area contributed by atoms with Crippen LogP contribution in [0.2, 0.25) is 0 Å². The van der Waals surface area contributed by atoms with E-state index < -0.39 is 0 Å². The molecule has 32 heavy (non-hydrogen) atoms. The molecule has 1 aliphatic rings. The van der Waals surface area contributed by atoms with Gasteiger partial charge in [-0.2, -0.15) is 0 Å². The maximum Gasteiger partial charge on any atom is 0.257 e. The molecule has 2 amide bonds. The largest absolute Gasteiger partial charge is 0.493 e. The lowest BCUT2D eigenvalue weighted by Crippen LogP contribution is -2.47. The monoisotopic (exact) mass is 465 g/mol. The summed E-state index contributed by atoms with van der Waals surface area (Å²) in [7, 11) is 1.57. The molecule has 0 aromatic heterocycles. The number of nitrogens with one attached hydrogen (secondary N) is 3. The average Bonchev–Trinajstić information content (AvgIpc) is 2.93. The van der Waals surface area contributed by atoms with Crippen LogP contribution in [0.4, 0.5) is 0 Å². The van der Waals surface area contributed by atoms with Crippen molar-refractivity contribution in [3.05, 3.63) is 41.5 Å². The summed E-state index contributed by atoms with van der Waals surface area (Å²) in [6, 6.07) is 5.54. The topological polar surface area (TPSA) is 88.7 Å². The number of benzene rings is 1. The third-order valence-corrected chi connectivity index (χ3v) is 4.92.